The molecule has 3 rings (SSSR count). The van der Waals surface area contributed by atoms with Crippen molar-refractivity contribution in [1.82, 2.24) is 14.9 Å². The summed E-state index contributed by atoms with van der Waals surface area (Å²) in [5, 5.41) is 2.49. The fourth-order valence-electron chi connectivity index (χ4n) is 3.20. The Morgan fingerprint density at radius 1 is 1.33 bits per heavy atom. The molecule has 1 unspecified atom stereocenters. The minimum Gasteiger partial charge on any atom is -0.497 e. The summed E-state index contributed by atoms with van der Waals surface area (Å²) in [6.45, 7) is 0.365. The van der Waals surface area contributed by atoms with Crippen molar-refractivity contribution in [1.29, 1.82) is 0 Å². The number of nitrogens with zero attached hydrogens (tertiary/aromatic N) is 2. The number of hydrogen-bond acceptors (Lipinski definition) is 3. The SMILES string of the molecule is COc1cccc(-c2cn(C)c3cc(CCC(F)CCNC=O)cnc23)c1. The molecule has 0 aliphatic heterocycles. The molecule has 0 aliphatic carbocycles. The maximum atomic E-state index is 13.9. The van der Waals surface area contributed by atoms with Gasteiger partial charge in [0.1, 0.15) is 11.9 Å². The molecule has 5 nitrogen and oxygen atoms in total. The molecule has 0 spiro atoms. The van der Waals surface area contributed by atoms with Crippen LogP contribution in [0.1, 0.15) is 18.4 Å². The zero-order valence-electron chi connectivity index (χ0n) is 15.6. The van der Waals surface area contributed by atoms with Gasteiger partial charge in [-0.15, -0.1) is 0 Å². The molecule has 0 aliphatic rings. The Bertz CT molecular complexity index is 923. The van der Waals surface area contributed by atoms with Gasteiger partial charge in [-0.05, 0) is 48.6 Å². The summed E-state index contributed by atoms with van der Waals surface area (Å²) >= 11 is 0. The summed E-state index contributed by atoms with van der Waals surface area (Å²) in [5.41, 5.74) is 5.03. The van der Waals surface area contributed by atoms with Gasteiger partial charge in [0.05, 0.1) is 18.1 Å². The Balaban J connectivity index is 1.78. The van der Waals surface area contributed by atoms with E-state index in [2.05, 4.69) is 22.6 Å². The molecule has 0 fully saturated rings. The van der Waals surface area contributed by atoms with Gasteiger partial charge >= 0.3 is 0 Å². The summed E-state index contributed by atoms with van der Waals surface area (Å²) in [4.78, 5) is 14.9. The van der Waals surface area contributed by atoms with Crippen LogP contribution in [0.15, 0.2) is 42.7 Å². The van der Waals surface area contributed by atoms with Crippen molar-refractivity contribution < 1.29 is 13.9 Å². The van der Waals surface area contributed by atoms with Crippen molar-refractivity contribution >= 4 is 17.4 Å². The van der Waals surface area contributed by atoms with Crippen molar-refractivity contribution in [2.75, 3.05) is 13.7 Å². The van der Waals surface area contributed by atoms with Crippen LogP contribution in [0.25, 0.3) is 22.2 Å². The van der Waals surface area contributed by atoms with Crippen molar-refractivity contribution in [2.24, 2.45) is 7.05 Å². The van der Waals surface area contributed by atoms with Crippen LogP contribution >= 0.6 is 0 Å². The predicted octanol–water partition coefficient (Wildman–Crippen LogP) is 3.66. The topological polar surface area (TPSA) is 56.1 Å². The molecule has 1 N–H and O–H groups in total. The number of pyridine rings is 1. The number of fused-ring (bicyclic) bond motifs is 1. The number of carbonyl (C=O) groups is 1. The monoisotopic (exact) mass is 369 g/mol. The second-order valence-electron chi connectivity index (χ2n) is 6.59. The largest absolute Gasteiger partial charge is 0.497 e. The number of benzene rings is 1. The maximum Gasteiger partial charge on any atom is 0.207 e. The van der Waals surface area contributed by atoms with Gasteiger partial charge < -0.3 is 14.6 Å². The average Bonchev–Trinajstić information content (AvgIpc) is 3.03. The van der Waals surface area contributed by atoms with Crippen LogP contribution in [0, 0.1) is 0 Å². The Hall–Kier alpha value is -2.89. The highest BCUT2D eigenvalue weighted by molar-refractivity contribution is 5.93. The number of rotatable bonds is 9. The van der Waals surface area contributed by atoms with Gasteiger partial charge in [0.15, 0.2) is 0 Å². The van der Waals surface area contributed by atoms with E-state index in [-0.39, 0.29) is 0 Å². The smallest absolute Gasteiger partial charge is 0.207 e. The van der Waals surface area contributed by atoms with Gasteiger partial charge in [0.2, 0.25) is 6.41 Å². The number of methoxy groups -OCH3 is 1. The third kappa shape index (κ3) is 4.45. The van der Waals surface area contributed by atoms with Crippen molar-refractivity contribution in [2.45, 2.75) is 25.4 Å². The van der Waals surface area contributed by atoms with Gasteiger partial charge in [-0.2, -0.15) is 0 Å². The molecule has 3 aromatic rings. The van der Waals surface area contributed by atoms with Crippen LogP contribution in [0.5, 0.6) is 5.75 Å². The van der Waals surface area contributed by atoms with E-state index in [9.17, 15) is 9.18 Å². The summed E-state index contributed by atoms with van der Waals surface area (Å²) in [7, 11) is 3.64. The minimum atomic E-state index is -0.936. The zero-order chi connectivity index (χ0) is 19.2. The number of halogens is 1. The standard InChI is InChI=1S/C21H24FN3O2/c1-25-13-19(16-4-3-5-18(11-16)27-2)21-20(25)10-15(12-24-21)6-7-17(22)8-9-23-14-26/h3-5,10-14,17H,6-9H2,1-2H3,(H,23,26). The van der Waals surface area contributed by atoms with E-state index in [1.807, 2.05) is 42.1 Å². The van der Waals surface area contributed by atoms with Crippen LogP contribution in [0.2, 0.25) is 0 Å². The highest BCUT2D eigenvalue weighted by Crippen LogP contribution is 2.31. The second kappa shape index (κ2) is 8.66. The highest BCUT2D eigenvalue weighted by Gasteiger charge is 2.13. The Morgan fingerprint density at radius 3 is 2.96 bits per heavy atom. The van der Waals surface area contributed by atoms with Gasteiger partial charge in [-0.3, -0.25) is 9.78 Å². The Labute approximate surface area is 158 Å². The molecule has 6 heteroatoms. The zero-order valence-corrected chi connectivity index (χ0v) is 15.6. The molecule has 1 aromatic carbocycles. The van der Waals surface area contributed by atoms with E-state index in [1.165, 1.54) is 0 Å². The molecular formula is C21H24FN3O2. The molecule has 0 saturated carbocycles. The summed E-state index contributed by atoms with van der Waals surface area (Å²) < 4.78 is 21.3. The molecule has 27 heavy (non-hydrogen) atoms. The average molecular weight is 369 g/mol. The molecule has 2 heterocycles. The van der Waals surface area contributed by atoms with Gasteiger partial charge in [0, 0.05) is 31.5 Å². The number of nitrogens with one attached hydrogen (secondary N) is 1. The molecule has 1 atom stereocenters. The molecule has 0 bridgehead atoms. The first-order valence-corrected chi connectivity index (χ1v) is 9.02. The molecule has 142 valence electrons. The van der Waals surface area contributed by atoms with Gasteiger partial charge in [-0.1, -0.05) is 12.1 Å². The summed E-state index contributed by atoms with van der Waals surface area (Å²) in [6.07, 6.45) is 4.90. The predicted molar refractivity (Wildman–Crippen MR) is 105 cm³/mol. The lowest BCUT2D eigenvalue weighted by molar-refractivity contribution is -0.109. The quantitative estimate of drug-likeness (QED) is 0.463. The van der Waals surface area contributed by atoms with E-state index in [1.54, 1.807) is 7.11 Å². The first-order valence-electron chi connectivity index (χ1n) is 9.02. The first kappa shape index (κ1) is 18.9. The van der Waals surface area contributed by atoms with Crippen LogP contribution in [-0.4, -0.2) is 35.8 Å². The van der Waals surface area contributed by atoms with E-state index in [0.717, 1.165) is 33.5 Å². The molecule has 1 amide bonds. The Morgan fingerprint density at radius 2 is 2.19 bits per heavy atom. The molecule has 0 radical (unpaired) electrons. The summed E-state index contributed by atoms with van der Waals surface area (Å²) in [6, 6.07) is 9.97. The van der Waals surface area contributed by atoms with E-state index in [4.69, 9.17) is 4.74 Å². The number of ether oxygens (including phenoxy) is 1. The van der Waals surface area contributed by atoms with Crippen molar-refractivity contribution in [3.63, 3.8) is 0 Å². The minimum absolute atomic E-state index is 0.332. The van der Waals surface area contributed by atoms with Crippen LogP contribution < -0.4 is 10.1 Å². The first-order chi connectivity index (χ1) is 13.1. The fourth-order valence-corrected chi connectivity index (χ4v) is 3.20. The number of carbonyl (C=O) groups excluding carboxylic acids is 1. The third-order valence-electron chi connectivity index (χ3n) is 4.69. The lowest BCUT2D eigenvalue weighted by Crippen LogP contribution is -2.17. The van der Waals surface area contributed by atoms with Gasteiger partial charge in [-0.25, -0.2) is 4.39 Å². The van der Waals surface area contributed by atoms with Gasteiger partial charge in [0.25, 0.3) is 0 Å². The molecule has 0 saturated heterocycles. The van der Waals surface area contributed by atoms with Crippen molar-refractivity contribution in [3.05, 3.63) is 48.3 Å². The number of aromatic nitrogens is 2. The fraction of sp³-hybridized carbons (Fsp3) is 0.333. The highest BCUT2D eigenvalue weighted by atomic mass is 19.1. The molecule has 2 aromatic heterocycles. The number of aryl methyl sites for hydroxylation is 2. The van der Waals surface area contributed by atoms with Crippen LogP contribution in [-0.2, 0) is 18.3 Å². The lowest BCUT2D eigenvalue weighted by Gasteiger charge is -2.08. The number of amides is 1. The van der Waals surface area contributed by atoms with Crippen LogP contribution in [0.3, 0.4) is 0 Å². The van der Waals surface area contributed by atoms with E-state index in [0.29, 0.717) is 32.2 Å². The number of hydrogen-bond donors (Lipinski definition) is 1. The normalized spacial score (nSPS) is 12.1. The lowest BCUT2D eigenvalue weighted by atomic mass is 10.0. The van der Waals surface area contributed by atoms with Crippen molar-refractivity contribution in [3.8, 4) is 16.9 Å². The molecular weight excluding hydrogens is 345 g/mol. The van der Waals surface area contributed by atoms with Crippen LogP contribution in [0.4, 0.5) is 4.39 Å². The summed E-state index contributed by atoms with van der Waals surface area (Å²) in [5.74, 6) is 0.805. The third-order valence-corrected chi connectivity index (χ3v) is 4.69. The Kier molecular flexibility index (Phi) is 6.06. The van der Waals surface area contributed by atoms with E-state index >= 15 is 0 Å². The number of alkyl halides is 1. The maximum absolute atomic E-state index is 13.9. The van der Waals surface area contributed by atoms with E-state index < -0.39 is 6.17 Å². The second-order valence-corrected chi connectivity index (χ2v) is 6.59.